The molecule has 0 amide bonds. The minimum Gasteiger partial charge on any atom is -0.379 e. The second kappa shape index (κ2) is 9.85. The van der Waals surface area contributed by atoms with Crippen LogP contribution in [0.15, 0.2) is 36.4 Å². The maximum Gasteiger partial charge on any atom is 0.163 e. The summed E-state index contributed by atoms with van der Waals surface area (Å²) in [6, 6.07) is 12.8. The van der Waals surface area contributed by atoms with Gasteiger partial charge in [-0.15, -0.1) is 0 Å². The van der Waals surface area contributed by atoms with E-state index in [-0.39, 0.29) is 0 Å². The molecule has 4 rings (SSSR count). The molecule has 2 heterocycles. The quantitative estimate of drug-likeness (QED) is 0.764. The van der Waals surface area contributed by atoms with Gasteiger partial charge in [0.2, 0.25) is 0 Å². The van der Waals surface area contributed by atoms with Crippen molar-refractivity contribution in [2.75, 3.05) is 50.0 Å². The summed E-state index contributed by atoms with van der Waals surface area (Å²) in [5.74, 6) is 2.59. The number of morpholine rings is 1. The van der Waals surface area contributed by atoms with Crippen LogP contribution in [-0.2, 0) is 4.74 Å². The van der Waals surface area contributed by atoms with Gasteiger partial charge in [-0.05, 0) is 12.8 Å². The highest BCUT2D eigenvalue weighted by atomic mass is 16.5. The van der Waals surface area contributed by atoms with E-state index in [0.29, 0.717) is 6.04 Å². The first-order valence-electron chi connectivity index (χ1n) is 10.6. The topological polar surface area (TPSA) is 62.3 Å². The number of anilines is 2. The highest BCUT2D eigenvalue weighted by molar-refractivity contribution is 5.61. The molecule has 0 unspecified atom stereocenters. The molecule has 0 radical (unpaired) electrons. The Morgan fingerprint density at radius 2 is 1.71 bits per heavy atom. The van der Waals surface area contributed by atoms with E-state index in [1.165, 1.54) is 32.1 Å². The van der Waals surface area contributed by atoms with Gasteiger partial charge >= 0.3 is 0 Å². The molecular formula is C22H31N5O. The van der Waals surface area contributed by atoms with E-state index < -0.39 is 0 Å². The van der Waals surface area contributed by atoms with E-state index in [0.717, 1.165) is 62.4 Å². The maximum absolute atomic E-state index is 5.43. The van der Waals surface area contributed by atoms with Crippen molar-refractivity contribution in [3.8, 4) is 11.4 Å². The summed E-state index contributed by atoms with van der Waals surface area (Å²) in [7, 11) is 0. The number of hydrogen-bond acceptors (Lipinski definition) is 6. The van der Waals surface area contributed by atoms with Gasteiger partial charge in [-0.3, -0.25) is 4.90 Å². The largest absolute Gasteiger partial charge is 0.379 e. The molecule has 150 valence electrons. The highest BCUT2D eigenvalue weighted by Crippen LogP contribution is 2.24. The lowest BCUT2D eigenvalue weighted by Crippen LogP contribution is -2.39. The van der Waals surface area contributed by atoms with E-state index in [9.17, 15) is 0 Å². The van der Waals surface area contributed by atoms with Gasteiger partial charge < -0.3 is 15.4 Å². The Kier molecular flexibility index (Phi) is 6.73. The first-order chi connectivity index (χ1) is 13.9. The van der Waals surface area contributed by atoms with E-state index >= 15 is 0 Å². The smallest absolute Gasteiger partial charge is 0.163 e. The molecule has 2 aromatic rings. The van der Waals surface area contributed by atoms with Crippen LogP contribution in [0.25, 0.3) is 11.4 Å². The molecule has 1 aromatic carbocycles. The van der Waals surface area contributed by atoms with Crippen LogP contribution in [0.5, 0.6) is 0 Å². The lowest BCUT2D eigenvalue weighted by atomic mass is 9.95. The Morgan fingerprint density at radius 1 is 0.964 bits per heavy atom. The molecular weight excluding hydrogens is 350 g/mol. The van der Waals surface area contributed by atoms with Crippen LogP contribution in [0, 0.1) is 0 Å². The molecule has 1 saturated carbocycles. The van der Waals surface area contributed by atoms with Crippen molar-refractivity contribution in [3.05, 3.63) is 36.4 Å². The standard InChI is InChI=1S/C22H31N5O/c1-3-7-18(8-4-1)22-25-20(23-11-12-27-13-15-28-16-14-27)17-21(26-22)24-19-9-5-2-6-10-19/h1,3-4,7-8,17,19H,2,5-6,9-16H2,(H2,23,24,25,26). The van der Waals surface area contributed by atoms with E-state index in [2.05, 4.69) is 33.7 Å². The Hall–Kier alpha value is -2.18. The summed E-state index contributed by atoms with van der Waals surface area (Å²) < 4.78 is 5.43. The predicted octanol–water partition coefficient (Wildman–Crippen LogP) is 3.63. The van der Waals surface area contributed by atoms with Gasteiger partial charge in [0.15, 0.2) is 5.82 Å². The van der Waals surface area contributed by atoms with Crippen LogP contribution in [0.3, 0.4) is 0 Å². The minimum atomic E-state index is 0.522. The van der Waals surface area contributed by atoms with Crippen molar-refractivity contribution >= 4 is 11.6 Å². The zero-order chi connectivity index (χ0) is 19.0. The van der Waals surface area contributed by atoms with Crippen molar-refractivity contribution < 1.29 is 4.74 Å². The summed E-state index contributed by atoms with van der Waals surface area (Å²) in [5, 5.41) is 7.16. The predicted molar refractivity (Wildman–Crippen MR) is 114 cm³/mol. The molecule has 1 saturated heterocycles. The van der Waals surface area contributed by atoms with Gasteiger partial charge in [-0.1, -0.05) is 49.6 Å². The van der Waals surface area contributed by atoms with Crippen LogP contribution in [0.1, 0.15) is 32.1 Å². The molecule has 28 heavy (non-hydrogen) atoms. The second-order valence-corrected chi connectivity index (χ2v) is 7.69. The summed E-state index contributed by atoms with van der Waals surface area (Å²) in [5.41, 5.74) is 1.05. The molecule has 6 nitrogen and oxygen atoms in total. The second-order valence-electron chi connectivity index (χ2n) is 7.69. The van der Waals surface area contributed by atoms with Crippen LogP contribution < -0.4 is 10.6 Å². The minimum absolute atomic E-state index is 0.522. The van der Waals surface area contributed by atoms with Crippen molar-refractivity contribution in [2.24, 2.45) is 0 Å². The third kappa shape index (κ3) is 5.42. The zero-order valence-corrected chi connectivity index (χ0v) is 16.6. The summed E-state index contributed by atoms with van der Waals surface area (Å²) in [6.07, 6.45) is 6.42. The van der Waals surface area contributed by atoms with Gasteiger partial charge in [0.25, 0.3) is 0 Å². The van der Waals surface area contributed by atoms with Gasteiger partial charge in [-0.2, -0.15) is 0 Å². The number of rotatable bonds is 7. The first-order valence-corrected chi connectivity index (χ1v) is 10.6. The molecule has 2 N–H and O–H groups in total. The van der Waals surface area contributed by atoms with E-state index in [1.807, 2.05) is 18.2 Å². The van der Waals surface area contributed by atoms with E-state index in [1.54, 1.807) is 0 Å². The van der Waals surface area contributed by atoms with Crippen molar-refractivity contribution in [2.45, 2.75) is 38.1 Å². The Labute approximate surface area is 167 Å². The normalized spacial score (nSPS) is 18.7. The Balaban J connectivity index is 1.46. The average molecular weight is 382 g/mol. The van der Waals surface area contributed by atoms with Crippen molar-refractivity contribution in [1.82, 2.24) is 14.9 Å². The van der Waals surface area contributed by atoms with Gasteiger partial charge in [-0.25, -0.2) is 9.97 Å². The zero-order valence-electron chi connectivity index (χ0n) is 16.6. The highest BCUT2D eigenvalue weighted by Gasteiger charge is 2.15. The lowest BCUT2D eigenvalue weighted by molar-refractivity contribution is 0.0398. The molecule has 0 atom stereocenters. The third-order valence-electron chi connectivity index (χ3n) is 5.55. The monoisotopic (exact) mass is 381 g/mol. The first kappa shape index (κ1) is 19.2. The SMILES string of the molecule is c1ccc(-c2nc(NCCN3CCOCC3)cc(NC3CCCCC3)n2)cc1. The molecule has 2 fully saturated rings. The third-order valence-corrected chi connectivity index (χ3v) is 5.55. The van der Waals surface area contributed by atoms with Crippen molar-refractivity contribution in [1.29, 1.82) is 0 Å². The number of aromatic nitrogens is 2. The number of benzene rings is 1. The van der Waals surface area contributed by atoms with E-state index in [4.69, 9.17) is 14.7 Å². The fourth-order valence-corrected chi connectivity index (χ4v) is 3.95. The molecule has 0 bridgehead atoms. The van der Waals surface area contributed by atoms with Crippen LogP contribution >= 0.6 is 0 Å². The number of hydrogen-bond donors (Lipinski definition) is 2. The Bertz CT molecular complexity index is 727. The van der Waals surface area contributed by atoms with Gasteiger partial charge in [0.1, 0.15) is 11.6 Å². The summed E-state index contributed by atoms with van der Waals surface area (Å²) in [4.78, 5) is 12.0. The van der Waals surface area contributed by atoms with Crippen LogP contribution in [0.4, 0.5) is 11.6 Å². The summed E-state index contributed by atoms with van der Waals surface area (Å²) in [6.45, 7) is 5.56. The molecule has 1 aliphatic heterocycles. The maximum atomic E-state index is 5.43. The fourth-order valence-electron chi connectivity index (χ4n) is 3.95. The van der Waals surface area contributed by atoms with Gasteiger partial charge in [0, 0.05) is 43.9 Å². The van der Waals surface area contributed by atoms with Crippen LogP contribution in [-0.4, -0.2) is 60.3 Å². The van der Waals surface area contributed by atoms with Crippen molar-refractivity contribution in [3.63, 3.8) is 0 Å². The lowest BCUT2D eigenvalue weighted by Gasteiger charge is -2.26. The molecule has 2 aliphatic rings. The molecule has 1 aromatic heterocycles. The number of nitrogens with zero attached hydrogens (tertiary/aromatic N) is 3. The summed E-state index contributed by atoms with van der Waals surface area (Å²) >= 11 is 0. The van der Waals surface area contributed by atoms with Gasteiger partial charge in [0.05, 0.1) is 13.2 Å². The number of nitrogens with one attached hydrogen (secondary N) is 2. The number of ether oxygens (including phenoxy) is 1. The molecule has 0 spiro atoms. The van der Waals surface area contributed by atoms with Crippen LogP contribution in [0.2, 0.25) is 0 Å². The molecule has 1 aliphatic carbocycles. The molecule has 6 heteroatoms. The fraction of sp³-hybridized carbons (Fsp3) is 0.545. The Morgan fingerprint density at radius 3 is 2.50 bits per heavy atom. The average Bonchev–Trinajstić information content (AvgIpc) is 2.76.